The van der Waals surface area contributed by atoms with E-state index in [1.165, 1.54) is 0 Å². The van der Waals surface area contributed by atoms with Crippen LogP contribution in [0.5, 0.6) is 0 Å². The van der Waals surface area contributed by atoms with Gasteiger partial charge in [0.05, 0.1) is 24.4 Å². The molecule has 0 aliphatic heterocycles. The molecule has 0 fully saturated rings. The number of hydrogen-bond acceptors (Lipinski definition) is 6. The van der Waals surface area contributed by atoms with E-state index in [4.69, 9.17) is 14.6 Å². The van der Waals surface area contributed by atoms with E-state index in [0.717, 1.165) is 0 Å². The molecule has 0 aromatic heterocycles. The Morgan fingerprint density at radius 3 is 2.08 bits per heavy atom. The summed E-state index contributed by atoms with van der Waals surface area (Å²) in [7, 11) is 0. The van der Waals surface area contributed by atoms with Crippen LogP contribution in [0.25, 0.3) is 0 Å². The third-order valence-electron chi connectivity index (χ3n) is 3.74. The number of aliphatic carboxylic acids is 1. The first kappa shape index (κ1) is 23.4. The van der Waals surface area contributed by atoms with Crippen molar-refractivity contribution in [2.24, 2.45) is 17.8 Å². The summed E-state index contributed by atoms with van der Waals surface area (Å²) in [4.78, 5) is 35.6. The lowest BCUT2D eigenvalue weighted by atomic mass is 9.86. The van der Waals surface area contributed by atoms with Crippen LogP contribution in [0, 0.1) is 17.8 Å². The number of carbonyl (C=O) groups excluding carboxylic acids is 2. The molecule has 0 rings (SSSR count). The molecule has 0 radical (unpaired) electrons. The fourth-order valence-corrected chi connectivity index (χ4v) is 2.36. The van der Waals surface area contributed by atoms with Crippen molar-refractivity contribution in [3.8, 4) is 0 Å². The highest BCUT2D eigenvalue weighted by atomic mass is 16.6. The van der Waals surface area contributed by atoms with Crippen molar-refractivity contribution in [2.75, 3.05) is 13.2 Å². The van der Waals surface area contributed by atoms with Crippen LogP contribution in [0.2, 0.25) is 0 Å². The van der Waals surface area contributed by atoms with Gasteiger partial charge in [-0.05, 0) is 40.0 Å². The number of ether oxygens (including phenoxy) is 2. The molecule has 0 aliphatic rings. The summed E-state index contributed by atoms with van der Waals surface area (Å²) in [5.74, 6) is -3.92. The monoisotopic (exact) mass is 360 g/mol. The first-order valence-electron chi connectivity index (χ1n) is 8.74. The van der Waals surface area contributed by atoms with Crippen LogP contribution < -0.4 is 0 Å². The quantitative estimate of drug-likeness (QED) is 0.430. The molecule has 2 N–H and O–H groups in total. The zero-order valence-corrected chi connectivity index (χ0v) is 15.9. The fourth-order valence-electron chi connectivity index (χ4n) is 2.36. The maximum atomic E-state index is 12.2. The molecule has 25 heavy (non-hydrogen) atoms. The van der Waals surface area contributed by atoms with Crippen molar-refractivity contribution >= 4 is 17.9 Å². The molecule has 0 heterocycles. The molecule has 7 nitrogen and oxygen atoms in total. The van der Waals surface area contributed by atoms with Crippen molar-refractivity contribution in [1.82, 2.24) is 0 Å². The lowest BCUT2D eigenvalue weighted by molar-refractivity contribution is -0.161. The number of carbonyl (C=O) groups is 3. The summed E-state index contributed by atoms with van der Waals surface area (Å²) in [6.07, 6.45) is 1.02. The summed E-state index contributed by atoms with van der Waals surface area (Å²) in [5.41, 5.74) is -0.632. The third-order valence-corrected chi connectivity index (χ3v) is 3.74. The lowest BCUT2D eigenvalue weighted by Crippen LogP contribution is -2.32. The van der Waals surface area contributed by atoms with Crippen molar-refractivity contribution in [3.05, 3.63) is 0 Å². The van der Waals surface area contributed by atoms with E-state index in [2.05, 4.69) is 0 Å². The Morgan fingerprint density at radius 1 is 1.04 bits per heavy atom. The van der Waals surface area contributed by atoms with E-state index in [0.29, 0.717) is 12.8 Å². The maximum absolute atomic E-state index is 12.2. The highest BCUT2D eigenvalue weighted by molar-refractivity contribution is 5.77. The zero-order valence-electron chi connectivity index (χ0n) is 15.9. The van der Waals surface area contributed by atoms with Crippen LogP contribution in [0.1, 0.15) is 60.3 Å². The SMILES string of the molecule is CCC(CC(CC(C)C(=O)OCCCO)C(=O)O)C(=O)OC(C)(C)C. The number of aliphatic hydroxyl groups is 1. The van der Waals surface area contributed by atoms with E-state index in [9.17, 15) is 19.5 Å². The zero-order chi connectivity index (χ0) is 19.6. The normalized spacial score (nSPS) is 15.1. The number of carboxylic acid groups (broad SMARTS) is 1. The summed E-state index contributed by atoms with van der Waals surface area (Å²) < 4.78 is 10.3. The van der Waals surface area contributed by atoms with E-state index < -0.39 is 41.3 Å². The molecular weight excluding hydrogens is 328 g/mol. The first-order chi connectivity index (χ1) is 11.5. The van der Waals surface area contributed by atoms with Crippen molar-refractivity contribution < 1.29 is 34.1 Å². The number of esters is 2. The van der Waals surface area contributed by atoms with Crippen LogP contribution in [-0.2, 0) is 23.9 Å². The maximum Gasteiger partial charge on any atom is 0.309 e. The number of hydrogen-bond donors (Lipinski definition) is 2. The molecule has 7 heteroatoms. The van der Waals surface area contributed by atoms with Crippen LogP contribution in [-0.4, -0.2) is 46.9 Å². The minimum Gasteiger partial charge on any atom is -0.481 e. The van der Waals surface area contributed by atoms with Gasteiger partial charge < -0.3 is 19.7 Å². The Labute approximate surface area is 149 Å². The number of carboxylic acids is 1. The number of aliphatic hydroxyl groups excluding tert-OH is 1. The van der Waals surface area contributed by atoms with Gasteiger partial charge >= 0.3 is 17.9 Å². The molecule has 0 aromatic carbocycles. The van der Waals surface area contributed by atoms with Crippen LogP contribution in [0.15, 0.2) is 0 Å². The average Bonchev–Trinajstić information content (AvgIpc) is 2.48. The highest BCUT2D eigenvalue weighted by Crippen LogP contribution is 2.25. The molecule has 146 valence electrons. The van der Waals surface area contributed by atoms with Gasteiger partial charge in [-0.25, -0.2) is 0 Å². The molecule has 0 saturated carbocycles. The van der Waals surface area contributed by atoms with Gasteiger partial charge in [-0.1, -0.05) is 13.8 Å². The van der Waals surface area contributed by atoms with E-state index in [-0.39, 0.29) is 26.1 Å². The molecule has 0 aromatic rings. The van der Waals surface area contributed by atoms with Gasteiger partial charge in [-0.15, -0.1) is 0 Å². The second kappa shape index (κ2) is 11.1. The molecule has 0 saturated heterocycles. The van der Waals surface area contributed by atoms with Crippen molar-refractivity contribution in [1.29, 1.82) is 0 Å². The predicted octanol–water partition coefficient (Wildman–Crippen LogP) is 2.40. The summed E-state index contributed by atoms with van der Waals surface area (Å²) in [5, 5.41) is 18.1. The van der Waals surface area contributed by atoms with Gasteiger partial charge in [0.25, 0.3) is 0 Å². The molecule has 0 bridgehead atoms. The highest BCUT2D eigenvalue weighted by Gasteiger charge is 2.32. The summed E-state index contributed by atoms with van der Waals surface area (Å²) in [6, 6.07) is 0. The van der Waals surface area contributed by atoms with Crippen LogP contribution >= 0.6 is 0 Å². The van der Waals surface area contributed by atoms with Crippen LogP contribution in [0.3, 0.4) is 0 Å². The van der Waals surface area contributed by atoms with E-state index >= 15 is 0 Å². The second-order valence-electron chi connectivity index (χ2n) is 7.29. The van der Waals surface area contributed by atoms with Crippen LogP contribution in [0.4, 0.5) is 0 Å². The van der Waals surface area contributed by atoms with Crippen molar-refractivity contribution in [3.63, 3.8) is 0 Å². The Bertz CT molecular complexity index is 439. The predicted molar refractivity (Wildman–Crippen MR) is 91.8 cm³/mol. The van der Waals surface area contributed by atoms with Gasteiger partial charge in [0.1, 0.15) is 5.60 Å². The molecule has 0 aliphatic carbocycles. The Hall–Kier alpha value is -1.63. The average molecular weight is 360 g/mol. The van der Waals surface area contributed by atoms with Crippen molar-refractivity contribution in [2.45, 2.75) is 65.9 Å². The molecule has 3 unspecified atom stereocenters. The Morgan fingerprint density at radius 2 is 1.64 bits per heavy atom. The molecule has 0 amide bonds. The summed E-state index contributed by atoms with van der Waals surface area (Å²) >= 11 is 0. The molecule has 3 atom stereocenters. The van der Waals surface area contributed by atoms with Gasteiger partial charge in [0, 0.05) is 13.0 Å². The Kier molecular flexibility index (Phi) is 10.4. The molecular formula is C18H32O7. The van der Waals surface area contributed by atoms with Gasteiger partial charge in [0.15, 0.2) is 0 Å². The smallest absolute Gasteiger partial charge is 0.309 e. The summed E-state index contributed by atoms with van der Waals surface area (Å²) in [6.45, 7) is 8.72. The van der Waals surface area contributed by atoms with Gasteiger partial charge in [-0.2, -0.15) is 0 Å². The minimum absolute atomic E-state index is 0.0759. The van der Waals surface area contributed by atoms with E-state index in [1.807, 2.05) is 0 Å². The molecule has 0 spiro atoms. The third kappa shape index (κ3) is 10.1. The number of rotatable bonds is 11. The van der Waals surface area contributed by atoms with E-state index in [1.54, 1.807) is 34.6 Å². The second-order valence-corrected chi connectivity index (χ2v) is 7.29. The first-order valence-corrected chi connectivity index (χ1v) is 8.74. The lowest BCUT2D eigenvalue weighted by Gasteiger charge is -2.25. The fraction of sp³-hybridized carbons (Fsp3) is 0.833. The standard InChI is InChI=1S/C18H32O7/c1-6-13(17(23)25-18(3,4)5)11-14(15(20)21)10-12(2)16(22)24-9-7-8-19/h12-14,19H,6-11H2,1-5H3,(H,20,21). The van der Waals surface area contributed by atoms with Gasteiger partial charge in [0.2, 0.25) is 0 Å². The van der Waals surface area contributed by atoms with Gasteiger partial charge in [-0.3, -0.25) is 14.4 Å². The topological polar surface area (TPSA) is 110 Å². The largest absolute Gasteiger partial charge is 0.481 e. The Balaban J connectivity index is 4.79. The minimum atomic E-state index is -1.04.